The molecule has 4 nitrogen and oxygen atoms in total. The van der Waals surface area contributed by atoms with E-state index in [0.717, 1.165) is 4.47 Å². The van der Waals surface area contributed by atoms with Gasteiger partial charge in [0.1, 0.15) is 5.56 Å². The zero-order chi connectivity index (χ0) is 9.84. The van der Waals surface area contributed by atoms with Gasteiger partial charge in [-0.1, -0.05) is 0 Å². The Morgan fingerprint density at radius 1 is 1.69 bits per heavy atom. The molecule has 0 aliphatic carbocycles. The number of hydrogen-bond donors (Lipinski definition) is 1. The van der Waals surface area contributed by atoms with Crippen LogP contribution in [0.25, 0.3) is 0 Å². The standard InChI is InChI=1S/C8H9BrN2O2/c1-10-7(12)6-3-5(9)4-11-8(6)13-2/h3-4H,1-2H3,(H,10,12). The lowest BCUT2D eigenvalue weighted by Crippen LogP contribution is -2.19. The maximum atomic E-state index is 11.3. The van der Waals surface area contributed by atoms with E-state index in [2.05, 4.69) is 26.2 Å². The molecular formula is C8H9BrN2O2. The summed E-state index contributed by atoms with van der Waals surface area (Å²) in [6, 6.07) is 1.66. The molecule has 0 saturated carbocycles. The molecule has 1 aromatic heterocycles. The molecule has 0 aliphatic rings. The van der Waals surface area contributed by atoms with Gasteiger partial charge in [0.05, 0.1) is 7.11 Å². The first kappa shape index (κ1) is 9.98. The van der Waals surface area contributed by atoms with Crippen LogP contribution in [0.15, 0.2) is 16.7 Å². The smallest absolute Gasteiger partial charge is 0.256 e. The Kier molecular flexibility index (Phi) is 3.25. The second kappa shape index (κ2) is 4.23. The number of halogens is 1. The average molecular weight is 245 g/mol. The molecule has 5 heteroatoms. The van der Waals surface area contributed by atoms with Crippen molar-refractivity contribution in [2.75, 3.05) is 14.2 Å². The number of aromatic nitrogens is 1. The highest BCUT2D eigenvalue weighted by atomic mass is 79.9. The molecule has 0 spiro atoms. The Labute approximate surface area is 84.4 Å². The van der Waals surface area contributed by atoms with Crippen LogP contribution in [0, 0.1) is 0 Å². The minimum atomic E-state index is -0.217. The van der Waals surface area contributed by atoms with Crippen molar-refractivity contribution in [1.29, 1.82) is 0 Å². The molecule has 0 unspecified atom stereocenters. The molecule has 13 heavy (non-hydrogen) atoms. The van der Waals surface area contributed by atoms with Crippen molar-refractivity contribution in [1.82, 2.24) is 10.3 Å². The van der Waals surface area contributed by atoms with E-state index in [1.807, 2.05) is 0 Å². The van der Waals surface area contributed by atoms with E-state index >= 15 is 0 Å². The van der Waals surface area contributed by atoms with Crippen LogP contribution in [-0.2, 0) is 0 Å². The van der Waals surface area contributed by atoms with E-state index < -0.39 is 0 Å². The van der Waals surface area contributed by atoms with Crippen LogP contribution < -0.4 is 10.1 Å². The third kappa shape index (κ3) is 2.18. The van der Waals surface area contributed by atoms with E-state index in [4.69, 9.17) is 4.74 Å². The number of nitrogens with one attached hydrogen (secondary N) is 1. The van der Waals surface area contributed by atoms with Crippen molar-refractivity contribution < 1.29 is 9.53 Å². The molecule has 0 aliphatic heterocycles. The summed E-state index contributed by atoms with van der Waals surface area (Å²) in [5.74, 6) is 0.105. The molecule has 0 saturated heterocycles. The first-order chi connectivity index (χ1) is 6.19. The molecule has 1 amide bonds. The minimum Gasteiger partial charge on any atom is -0.480 e. The van der Waals surface area contributed by atoms with Crippen LogP contribution >= 0.6 is 15.9 Å². The van der Waals surface area contributed by atoms with Crippen LogP contribution in [0.2, 0.25) is 0 Å². The van der Waals surface area contributed by atoms with Crippen molar-refractivity contribution >= 4 is 21.8 Å². The summed E-state index contributed by atoms with van der Waals surface area (Å²) >= 11 is 3.22. The summed E-state index contributed by atoms with van der Waals surface area (Å²) in [6.45, 7) is 0. The van der Waals surface area contributed by atoms with E-state index in [9.17, 15) is 4.79 Å². The molecule has 0 atom stereocenters. The number of ether oxygens (including phenoxy) is 1. The predicted molar refractivity (Wildman–Crippen MR) is 51.9 cm³/mol. The Morgan fingerprint density at radius 3 is 2.92 bits per heavy atom. The summed E-state index contributed by atoms with van der Waals surface area (Å²) in [7, 11) is 3.03. The minimum absolute atomic E-state index is 0.217. The summed E-state index contributed by atoms with van der Waals surface area (Å²) in [5, 5.41) is 2.50. The maximum Gasteiger partial charge on any atom is 0.256 e. The fourth-order valence-electron chi connectivity index (χ4n) is 0.887. The number of carbonyl (C=O) groups is 1. The lowest BCUT2D eigenvalue weighted by molar-refractivity contribution is 0.0959. The van der Waals surface area contributed by atoms with Gasteiger partial charge in [-0.25, -0.2) is 4.98 Å². The molecule has 70 valence electrons. The van der Waals surface area contributed by atoms with E-state index in [-0.39, 0.29) is 5.91 Å². The molecule has 0 fully saturated rings. The average Bonchev–Trinajstić information content (AvgIpc) is 2.16. The second-order valence-corrected chi connectivity index (χ2v) is 3.21. The third-order valence-corrected chi connectivity index (χ3v) is 1.92. The van der Waals surface area contributed by atoms with Crippen LogP contribution in [0.4, 0.5) is 0 Å². The number of pyridine rings is 1. The molecule has 1 aromatic rings. The maximum absolute atomic E-state index is 11.3. The highest BCUT2D eigenvalue weighted by Gasteiger charge is 2.11. The molecule has 1 heterocycles. The van der Waals surface area contributed by atoms with Gasteiger partial charge in [0.2, 0.25) is 5.88 Å². The van der Waals surface area contributed by atoms with Crippen molar-refractivity contribution in [2.45, 2.75) is 0 Å². The zero-order valence-electron chi connectivity index (χ0n) is 7.30. The van der Waals surface area contributed by atoms with Gasteiger partial charge in [-0.2, -0.15) is 0 Å². The van der Waals surface area contributed by atoms with Gasteiger partial charge in [-0.3, -0.25) is 4.79 Å². The van der Waals surface area contributed by atoms with Crippen molar-refractivity contribution in [3.8, 4) is 5.88 Å². The quantitative estimate of drug-likeness (QED) is 0.852. The molecule has 1 N–H and O–H groups in total. The molecular weight excluding hydrogens is 236 g/mol. The van der Waals surface area contributed by atoms with Gasteiger partial charge in [0.25, 0.3) is 5.91 Å². The number of nitrogens with zero attached hydrogens (tertiary/aromatic N) is 1. The molecule has 0 aromatic carbocycles. The van der Waals surface area contributed by atoms with Gasteiger partial charge in [0.15, 0.2) is 0 Å². The molecule has 1 rings (SSSR count). The topological polar surface area (TPSA) is 51.2 Å². The van der Waals surface area contributed by atoms with Crippen LogP contribution in [0.3, 0.4) is 0 Å². The highest BCUT2D eigenvalue weighted by molar-refractivity contribution is 9.10. The first-order valence-corrected chi connectivity index (χ1v) is 4.40. The van der Waals surface area contributed by atoms with E-state index in [1.54, 1.807) is 19.3 Å². The van der Waals surface area contributed by atoms with Crippen LogP contribution in [-0.4, -0.2) is 25.0 Å². The summed E-state index contributed by atoms with van der Waals surface area (Å²) in [5.41, 5.74) is 0.416. The monoisotopic (exact) mass is 244 g/mol. The number of hydrogen-bond acceptors (Lipinski definition) is 3. The normalized spacial score (nSPS) is 9.46. The SMILES string of the molecule is CNC(=O)c1cc(Br)cnc1OC. The van der Waals surface area contributed by atoms with Gasteiger partial charge < -0.3 is 10.1 Å². The van der Waals surface area contributed by atoms with Crippen molar-refractivity contribution in [3.05, 3.63) is 22.3 Å². The van der Waals surface area contributed by atoms with Gasteiger partial charge in [0, 0.05) is 17.7 Å². The number of carbonyl (C=O) groups excluding carboxylic acids is 1. The summed E-state index contributed by atoms with van der Waals surface area (Å²) < 4.78 is 5.67. The Hall–Kier alpha value is -1.10. The van der Waals surface area contributed by atoms with E-state index in [1.165, 1.54) is 7.11 Å². The number of amides is 1. The van der Waals surface area contributed by atoms with Gasteiger partial charge >= 0.3 is 0 Å². The van der Waals surface area contributed by atoms with Crippen LogP contribution in [0.1, 0.15) is 10.4 Å². The highest BCUT2D eigenvalue weighted by Crippen LogP contribution is 2.19. The van der Waals surface area contributed by atoms with Gasteiger partial charge in [-0.05, 0) is 22.0 Å². The lowest BCUT2D eigenvalue weighted by Gasteiger charge is -2.05. The summed E-state index contributed by atoms with van der Waals surface area (Å²) in [6.07, 6.45) is 1.57. The van der Waals surface area contributed by atoms with Gasteiger partial charge in [-0.15, -0.1) is 0 Å². The van der Waals surface area contributed by atoms with Crippen molar-refractivity contribution in [2.24, 2.45) is 0 Å². The largest absolute Gasteiger partial charge is 0.480 e. The fraction of sp³-hybridized carbons (Fsp3) is 0.250. The Morgan fingerprint density at radius 2 is 2.38 bits per heavy atom. The Balaban J connectivity index is 3.15. The number of rotatable bonds is 2. The van der Waals surface area contributed by atoms with Crippen molar-refractivity contribution in [3.63, 3.8) is 0 Å². The first-order valence-electron chi connectivity index (χ1n) is 3.60. The second-order valence-electron chi connectivity index (χ2n) is 2.29. The molecule has 0 bridgehead atoms. The zero-order valence-corrected chi connectivity index (χ0v) is 8.88. The predicted octanol–water partition coefficient (Wildman–Crippen LogP) is 1.21. The third-order valence-electron chi connectivity index (χ3n) is 1.48. The molecule has 0 radical (unpaired) electrons. The fourth-order valence-corrected chi connectivity index (χ4v) is 1.22. The number of methoxy groups -OCH3 is 1. The van der Waals surface area contributed by atoms with E-state index in [0.29, 0.717) is 11.4 Å². The Bertz CT molecular complexity index is 328. The lowest BCUT2D eigenvalue weighted by atomic mass is 10.2. The van der Waals surface area contributed by atoms with Crippen LogP contribution in [0.5, 0.6) is 5.88 Å². The summed E-state index contributed by atoms with van der Waals surface area (Å²) in [4.78, 5) is 15.2.